The van der Waals surface area contributed by atoms with E-state index < -0.39 is 13.9 Å². The minimum Gasteiger partial charge on any atom is -0.463 e. The first-order valence-electron chi connectivity index (χ1n) is 8.77. The van der Waals surface area contributed by atoms with Crippen molar-refractivity contribution in [2.45, 2.75) is 71.2 Å². The predicted molar refractivity (Wildman–Crippen MR) is 98.4 cm³/mol. The molecular weight excluding hydrogens is 379 g/mol. The Hall–Kier alpha value is -1.29. The van der Waals surface area contributed by atoms with Crippen molar-refractivity contribution in [1.82, 2.24) is 5.32 Å². The van der Waals surface area contributed by atoms with Crippen LogP contribution < -0.4 is 11.1 Å². The largest absolute Gasteiger partial charge is 0.466 e. The fourth-order valence-corrected chi connectivity index (χ4v) is 2.62. The smallest absolute Gasteiger partial charge is 0.463 e. The quantitative estimate of drug-likeness (QED) is 0.294. The summed E-state index contributed by atoms with van der Waals surface area (Å²) >= 11 is 0. The highest BCUT2D eigenvalue weighted by Crippen LogP contribution is 2.26. The van der Waals surface area contributed by atoms with Gasteiger partial charge >= 0.3 is 13.8 Å². The van der Waals surface area contributed by atoms with Gasteiger partial charge < -0.3 is 35.2 Å². The van der Waals surface area contributed by atoms with Crippen molar-refractivity contribution in [3.8, 4) is 0 Å². The van der Waals surface area contributed by atoms with Gasteiger partial charge in [-0.25, -0.2) is 9.36 Å². The van der Waals surface area contributed by atoms with E-state index in [1.807, 2.05) is 13.8 Å². The van der Waals surface area contributed by atoms with Gasteiger partial charge in [-0.2, -0.15) is 0 Å². The number of carbonyl (C=O) groups is 2. The summed E-state index contributed by atoms with van der Waals surface area (Å²) in [7, 11) is -4.64. The molecule has 0 radical (unpaired) electrons. The normalized spacial score (nSPS) is 22.4. The number of hydrogen-bond donors (Lipinski definition) is 5. The maximum Gasteiger partial charge on any atom is 0.466 e. The maximum absolute atomic E-state index is 12.0. The Balaban J connectivity index is 0.00000119. The van der Waals surface area contributed by atoms with Crippen LogP contribution in [0.4, 0.5) is 0 Å². The Bertz CT molecular complexity index is 550. The summed E-state index contributed by atoms with van der Waals surface area (Å²) < 4.78 is 20.0. The summed E-state index contributed by atoms with van der Waals surface area (Å²) in [4.78, 5) is 44.9. The first kappa shape index (κ1) is 25.7. The first-order chi connectivity index (χ1) is 12.4. The second-order valence-electron chi connectivity index (χ2n) is 6.06. The van der Waals surface area contributed by atoms with E-state index in [4.69, 9.17) is 34.5 Å². The van der Waals surface area contributed by atoms with Crippen LogP contribution in [-0.4, -0.2) is 57.5 Å². The molecule has 0 saturated carbocycles. The summed E-state index contributed by atoms with van der Waals surface area (Å²) in [5.41, 5.74) is 6.68. The van der Waals surface area contributed by atoms with Crippen LogP contribution in [0.5, 0.6) is 0 Å². The van der Waals surface area contributed by atoms with Crippen molar-refractivity contribution in [3.05, 3.63) is 11.6 Å². The van der Waals surface area contributed by atoms with Gasteiger partial charge in [-0.3, -0.25) is 4.79 Å². The van der Waals surface area contributed by atoms with Crippen molar-refractivity contribution < 1.29 is 38.3 Å². The molecule has 3 atom stereocenters. The van der Waals surface area contributed by atoms with Crippen LogP contribution >= 0.6 is 7.82 Å². The summed E-state index contributed by atoms with van der Waals surface area (Å²) in [6, 6.07) is -0.719. The lowest BCUT2D eigenvalue weighted by Crippen LogP contribution is -2.57. The van der Waals surface area contributed by atoms with Crippen LogP contribution in [0.15, 0.2) is 11.6 Å². The second kappa shape index (κ2) is 12.2. The highest BCUT2D eigenvalue weighted by molar-refractivity contribution is 7.45. The zero-order chi connectivity index (χ0) is 21.2. The number of nitrogens with one attached hydrogen (secondary N) is 1. The molecule has 0 aliphatic heterocycles. The monoisotopic (exact) mass is 410 g/mol. The van der Waals surface area contributed by atoms with Gasteiger partial charge in [0.2, 0.25) is 5.91 Å². The molecule has 1 unspecified atom stereocenters. The fraction of sp³-hybridized carbons (Fsp3) is 0.750. The molecule has 0 heterocycles. The van der Waals surface area contributed by atoms with Crippen molar-refractivity contribution in [3.63, 3.8) is 0 Å². The van der Waals surface area contributed by atoms with E-state index in [9.17, 15) is 9.59 Å². The number of phosphoric acid groups is 1. The Morgan fingerprint density at radius 3 is 2.22 bits per heavy atom. The van der Waals surface area contributed by atoms with Gasteiger partial charge in [0.15, 0.2) is 0 Å². The standard InChI is InChI=1S/C16H28N2O4.H3O4P/c1-5-12(6-2)22-14-9-11(16(20)21-7-3)8-13(17)15(14)18-10(4)19;1-5(2,3)4/h9,12-15H,5-8,17H2,1-4H3,(H,18,19);(H3,1,2,3,4)/t13-,14+,15?;/m0./s1. The summed E-state index contributed by atoms with van der Waals surface area (Å²) in [5.74, 6) is -0.524. The number of esters is 1. The minimum atomic E-state index is -4.64. The van der Waals surface area contributed by atoms with E-state index in [-0.39, 0.29) is 30.1 Å². The van der Waals surface area contributed by atoms with E-state index in [0.717, 1.165) is 12.8 Å². The molecule has 0 aromatic rings. The average Bonchev–Trinajstić information content (AvgIpc) is 2.53. The number of hydrogen-bond acceptors (Lipinski definition) is 6. The van der Waals surface area contributed by atoms with Gasteiger partial charge in [0, 0.05) is 18.5 Å². The fourth-order valence-electron chi connectivity index (χ4n) is 2.62. The number of nitrogens with two attached hydrogens (primary N) is 1. The molecule has 1 rings (SSSR count). The lowest BCUT2D eigenvalue weighted by atomic mass is 9.88. The van der Waals surface area contributed by atoms with Crippen LogP contribution in [0.1, 0.15) is 47.0 Å². The molecule has 0 spiro atoms. The van der Waals surface area contributed by atoms with Crippen LogP contribution in [-0.2, 0) is 23.6 Å². The minimum absolute atomic E-state index is 0.0613. The number of ether oxygens (including phenoxy) is 2. The first-order valence-corrected chi connectivity index (χ1v) is 10.3. The Kier molecular flexibility index (Phi) is 11.6. The number of rotatable bonds is 7. The summed E-state index contributed by atoms with van der Waals surface area (Å²) in [5, 5.41) is 2.84. The molecule has 0 aromatic heterocycles. The summed E-state index contributed by atoms with van der Waals surface area (Å²) in [6.45, 7) is 7.62. The maximum atomic E-state index is 12.0. The third-order valence-electron chi connectivity index (χ3n) is 3.80. The van der Waals surface area contributed by atoms with E-state index in [0.29, 0.717) is 18.6 Å². The lowest BCUT2D eigenvalue weighted by Gasteiger charge is -2.36. The van der Waals surface area contributed by atoms with E-state index in [1.54, 1.807) is 13.0 Å². The van der Waals surface area contributed by atoms with Gasteiger partial charge in [0.25, 0.3) is 0 Å². The Morgan fingerprint density at radius 2 is 1.81 bits per heavy atom. The molecule has 0 saturated heterocycles. The lowest BCUT2D eigenvalue weighted by molar-refractivity contribution is -0.139. The molecule has 158 valence electrons. The van der Waals surface area contributed by atoms with Crippen molar-refractivity contribution in [2.75, 3.05) is 6.61 Å². The molecule has 0 fully saturated rings. The van der Waals surface area contributed by atoms with E-state index in [1.165, 1.54) is 6.92 Å². The highest BCUT2D eigenvalue weighted by atomic mass is 31.2. The Morgan fingerprint density at radius 1 is 1.30 bits per heavy atom. The van der Waals surface area contributed by atoms with Crippen molar-refractivity contribution >= 4 is 19.7 Å². The van der Waals surface area contributed by atoms with Gasteiger partial charge in [-0.15, -0.1) is 0 Å². The Labute approximate surface area is 159 Å². The molecule has 6 N–H and O–H groups in total. The number of carbonyl (C=O) groups excluding carboxylic acids is 2. The number of amides is 1. The van der Waals surface area contributed by atoms with Crippen LogP contribution in [0.3, 0.4) is 0 Å². The predicted octanol–water partition coefficient (Wildman–Crippen LogP) is 0.357. The molecule has 1 aliphatic carbocycles. The van der Waals surface area contributed by atoms with Gasteiger partial charge in [-0.1, -0.05) is 13.8 Å². The molecule has 10 nitrogen and oxygen atoms in total. The molecule has 27 heavy (non-hydrogen) atoms. The van der Waals surface area contributed by atoms with Gasteiger partial charge in [0.1, 0.15) is 0 Å². The van der Waals surface area contributed by atoms with Gasteiger partial charge in [0.05, 0.1) is 24.9 Å². The van der Waals surface area contributed by atoms with Crippen molar-refractivity contribution in [2.24, 2.45) is 5.73 Å². The molecule has 0 aromatic carbocycles. The molecule has 1 aliphatic rings. The molecule has 0 bridgehead atoms. The topological polar surface area (TPSA) is 168 Å². The van der Waals surface area contributed by atoms with Crippen LogP contribution in [0.2, 0.25) is 0 Å². The second-order valence-corrected chi connectivity index (χ2v) is 7.09. The average molecular weight is 410 g/mol. The van der Waals surface area contributed by atoms with Crippen molar-refractivity contribution in [1.29, 1.82) is 0 Å². The third-order valence-corrected chi connectivity index (χ3v) is 3.80. The van der Waals surface area contributed by atoms with Gasteiger partial charge in [-0.05, 0) is 32.3 Å². The van der Waals surface area contributed by atoms with E-state index >= 15 is 0 Å². The SMILES string of the molecule is CCOC(=O)C1=C[C@@H](OC(CC)CC)C(NC(C)=O)[C@@H](N)C1.O=P(O)(O)O. The third kappa shape index (κ3) is 11.2. The molecule has 1 amide bonds. The molecule has 11 heteroatoms. The molecular formula is C16H31N2O8P. The zero-order valence-electron chi connectivity index (χ0n) is 16.1. The van der Waals surface area contributed by atoms with E-state index in [2.05, 4.69) is 5.32 Å². The van der Waals surface area contributed by atoms with Crippen LogP contribution in [0, 0.1) is 0 Å². The highest BCUT2D eigenvalue weighted by Gasteiger charge is 2.35. The van der Waals surface area contributed by atoms with Crippen LogP contribution in [0.25, 0.3) is 0 Å². The zero-order valence-corrected chi connectivity index (χ0v) is 17.0. The summed E-state index contributed by atoms with van der Waals surface area (Å²) in [6.07, 6.45) is 3.48.